The number of hydrogen-bond acceptors (Lipinski definition) is 2. The summed E-state index contributed by atoms with van der Waals surface area (Å²) < 4.78 is 0.900. The smallest absolute Gasteiger partial charge is 0.109 e. The molecule has 0 saturated heterocycles. The lowest BCUT2D eigenvalue weighted by atomic mass is 9.71. The fraction of sp³-hybridized carbons (Fsp3) is 0.533. The van der Waals surface area contributed by atoms with Crippen molar-refractivity contribution in [3.8, 4) is 0 Å². The molecule has 1 aromatic rings. The number of hydrogen-bond donors (Lipinski definition) is 1. The Kier molecular flexibility index (Phi) is 4.57. The van der Waals surface area contributed by atoms with E-state index in [1.807, 2.05) is 12.1 Å². The van der Waals surface area contributed by atoms with Crippen molar-refractivity contribution in [2.24, 2.45) is 5.92 Å². The molecule has 1 saturated carbocycles. The van der Waals surface area contributed by atoms with E-state index in [0.29, 0.717) is 12.3 Å². The van der Waals surface area contributed by atoms with Crippen molar-refractivity contribution in [2.75, 3.05) is 0 Å². The van der Waals surface area contributed by atoms with Gasteiger partial charge in [-0.1, -0.05) is 25.0 Å². The highest BCUT2D eigenvalue weighted by Gasteiger charge is 2.37. The van der Waals surface area contributed by atoms with Gasteiger partial charge in [0, 0.05) is 6.20 Å². The third kappa shape index (κ3) is 3.01. The van der Waals surface area contributed by atoms with Gasteiger partial charge in [0.25, 0.3) is 0 Å². The van der Waals surface area contributed by atoms with E-state index in [1.165, 1.54) is 12.0 Å². The Hall–Kier alpha value is -0.670. The monoisotopic (exact) mass is 309 g/mol. The van der Waals surface area contributed by atoms with Crippen LogP contribution in [0, 0.1) is 5.92 Å². The van der Waals surface area contributed by atoms with Gasteiger partial charge >= 0.3 is 0 Å². The maximum atomic E-state index is 10.8. The Morgan fingerprint density at radius 1 is 1.56 bits per heavy atom. The molecule has 2 nitrogen and oxygen atoms in total. The molecule has 1 fully saturated rings. The van der Waals surface area contributed by atoms with Crippen molar-refractivity contribution in [2.45, 2.75) is 44.1 Å². The predicted molar refractivity (Wildman–Crippen MR) is 77.4 cm³/mol. The molecular formula is C15H20BrNO. The number of pyridine rings is 1. The van der Waals surface area contributed by atoms with Crippen LogP contribution in [-0.2, 0) is 6.42 Å². The molecule has 98 valence electrons. The highest BCUT2D eigenvalue weighted by molar-refractivity contribution is 9.10. The molecular weight excluding hydrogens is 290 g/mol. The molecule has 3 heteroatoms. The highest BCUT2D eigenvalue weighted by Crippen LogP contribution is 2.39. The molecule has 0 bridgehead atoms. The predicted octanol–water partition coefficient (Wildman–Crippen LogP) is 3.88. The van der Waals surface area contributed by atoms with Gasteiger partial charge in [0.05, 0.1) is 5.60 Å². The van der Waals surface area contributed by atoms with E-state index >= 15 is 0 Å². The molecule has 18 heavy (non-hydrogen) atoms. The molecule has 0 amide bonds. The Labute approximate surface area is 117 Å². The highest BCUT2D eigenvalue weighted by atomic mass is 79.9. The second kappa shape index (κ2) is 5.98. The van der Waals surface area contributed by atoms with Gasteiger partial charge < -0.3 is 5.11 Å². The average Bonchev–Trinajstić information content (AvgIpc) is 2.35. The summed E-state index contributed by atoms with van der Waals surface area (Å²) in [6, 6.07) is 4.04. The second-order valence-electron chi connectivity index (χ2n) is 5.20. The summed E-state index contributed by atoms with van der Waals surface area (Å²) in [5, 5.41) is 10.8. The molecule has 1 heterocycles. The van der Waals surface area contributed by atoms with Crippen LogP contribution in [0.1, 0.15) is 37.7 Å². The van der Waals surface area contributed by atoms with Gasteiger partial charge in [0.2, 0.25) is 0 Å². The number of aromatic nitrogens is 1. The maximum absolute atomic E-state index is 10.8. The van der Waals surface area contributed by atoms with Crippen LogP contribution in [0.2, 0.25) is 0 Å². The van der Waals surface area contributed by atoms with Gasteiger partial charge in [-0.2, -0.15) is 0 Å². The van der Waals surface area contributed by atoms with Crippen LogP contribution in [0.3, 0.4) is 0 Å². The van der Waals surface area contributed by atoms with E-state index in [1.54, 1.807) is 6.20 Å². The number of nitrogens with zero attached hydrogens (tertiary/aromatic N) is 1. The van der Waals surface area contributed by atoms with Crippen LogP contribution < -0.4 is 0 Å². The third-order valence-electron chi connectivity index (χ3n) is 3.97. The average molecular weight is 310 g/mol. The van der Waals surface area contributed by atoms with Gasteiger partial charge in [-0.15, -0.1) is 6.58 Å². The summed E-state index contributed by atoms with van der Waals surface area (Å²) >= 11 is 3.49. The first-order valence-electron chi connectivity index (χ1n) is 6.58. The summed E-state index contributed by atoms with van der Waals surface area (Å²) in [6.07, 6.45) is 9.51. The standard InChI is InChI=1S/C15H20BrNO/c1-2-8-15(18)9-4-3-7-13(15)11-12-6-5-10-17-14(12)16/h2,5-6,10,13,18H,1,3-4,7-9,11H2/t13-,15-/m0/s1. The molecule has 0 unspecified atom stereocenters. The summed E-state index contributed by atoms with van der Waals surface area (Å²) in [5.41, 5.74) is 0.613. The number of halogens is 1. The van der Waals surface area contributed by atoms with Crippen molar-refractivity contribution in [3.05, 3.63) is 41.2 Å². The zero-order chi connectivity index (χ0) is 13.0. The molecule has 0 aliphatic heterocycles. The van der Waals surface area contributed by atoms with E-state index in [-0.39, 0.29) is 0 Å². The van der Waals surface area contributed by atoms with Crippen LogP contribution in [0.5, 0.6) is 0 Å². The zero-order valence-corrected chi connectivity index (χ0v) is 12.2. The van der Waals surface area contributed by atoms with E-state index in [2.05, 4.69) is 33.6 Å². The minimum atomic E-state index is -0.574. The van der Waals surface area contributed by atoms with Crippen molar-refractivity contribution >= 4 is 15.9 Å². The maximum Gasteiger partial charge on any atom is 0.109 e. The second-order valence-corrected chi connectivity index (χ2v) is 5.95. The van der Waals surface area contributed by atoms with E-state index in [0.717, 1.165) is 30.3 Å². The Morgan fingerprint density at radius 3 is 3.11 bits per heavy atom. The minimum absolute atomic E-state index is 0.310. The fourth-order valence-electron chi connectivity index (χ4n) is 2.94. The lowest BCUT2D eigenvalue weighted by molar-refractivity contribution is -0.0454. The van der Waals surface area contributed by atoms with Crippen LogP contribution in [0.25, 0.3) is 0 Å². The van der Waals surface area contributed by atoms with Crippen LogP contribution in [0.15, 0.2) is 35.6 Å². The first kappa shape index (κ1) is 13.8. The molecule has 2 atom stereocenters. The molecule has 1 aliphatic rings. The molecule has 0 radical (unpaired) electrons. The van der Waals surface area contributed by atoms with Crippen molar-refractivity contribution in [1.29, 1.82) is 0 Å². The van der Waals surface area contributed by atoms with E-state index in [4.69, 9.17) is 0 Å². The van der Waals surface area contributed by atoms with Crippen LogP contribution in [-0.4, -0.2) is 15.7 Å². The van der Waals surface area contributed by atoms with E-state index in [9.17, 15) is 5.11 Å². The molecule has 1 aliphatic carbocycles. The minimum Gasteiger partial charge on any atom is -0.389 e. The van der Waals surface area contributed by atoms with Crippen molar-refractivity contribution in [3.63, 3.8) is 0 Å². The Balaban J connectivity index is 2.15. The third-order valence-corrected chi connectivity index (χ3v) is 4.69. The molecule has 0 aromatic carbocycles. The normalized spacial score (nSPS) is 28.0. The van der Waals surface area contributed by atoms with Gasteiger partial charge in [0.1, 0.15) is 4.60 Å². The lowest BCUT2D eigenvalue weighted by Gasteiger charge is -2.39. The van der Waals surface area contributed by atoms with Gasteiger partial charge in [-0.3, -0.25) is 0 Å². The van der Waals surface area contributed by atoms with Gasteiger partial charge in [0.15, 0.2) is 0 Å². The Bertz CT molecular complexity index is 421. The van der Waals surface area contributed by atoms with Crippen LogP contribution >= 0.6 is 15.9 Å². The van der Waals surface area contributed by atoms with Gasteiger partial charge in [-0.05, 0) is 59.2 Å². The topological polar surface area (TPSA) is 33.1 Å². The summed E-state index contributed by atoms with van der Waals surface area (Å²) in [6.45, 7) is 3.78. The summed E-state index contributed by atoms with van der Waals surface area (Å²) in [7, 11) is 0. The molecule has 2 rings (SSSR count). The quantitative estimate of drug-likeness (QED) is 0.676. The van der Waals surface area contributed by atoms with E-state index < -0.39 is 5.60 Å². The summed E-state index contributed by atoms with van der Waals surface area (Å²) in [4.78, 5) is 4.25. The number of rotatable bonds is 4. The fourth-order valence-corrected chi connectivity index (χ4v) is 3.35. The van der Waals surface area contributed by atoms with Crippen molar-refractivity contribution < 1.29 is 5.11 Å². The Morgan fingerprint density at radius 2 is 2.39 bits per heavy atom. The SMILES string of the molecule is C=CC[C@]1(O)CCCC[C@H]1Cc1cccnc1Br. The van der Waals surface area contributed by atoms with Gasteiger partial charge in [-0.25, -0.2) is 4.98 Å². The summed E-state index contributed by atoms with van der Waals surface area (Å²) in [5.74, 6) is 0.310. The van der Waals surface area contributed by atoms with Crippen LogP contribution in [0.4, 0.5) is 0 Å². The molecule has 1 aromatic heterocycles. The zero-order valence-electron chi connectivity index (χ0n) is 10.6. The first-order valence-corrected chi connectivity index (χ1v) is 7.38. The first-order chi connectivity index (χ1) is 8.65. The largest absolute Gasteiger partial charge is 0.389 e. The van der Waals surface area contributed by atoms with Crippen molar-refractivity contribution in [1.82, 2.24) is 4.98 Å². The lowest BCUT2D eigenvalue weighted by Crippen LogP contribution is -2.41. The number of aliphatic hydroxyl groups is 1. The molecule has 1 N–H and O–H groups in total. The molecule has 0 spiro atoms.